The molecule has 3 rings (SSSR count). The van der Waals surface area contributed by atoms with E-state index >= 15 is 0 Å². The third kappa shape index (κ3) is 3.71. The van der Waals surface area contributed by atoms with Gasteiger partial charge in [0.1, 0.15) is 11.4 Å². The molecule has 0 bridgehead atoms. The van der Waals surface area contributed by atoms with Gasteiger partial charge >= 0.3 is 0 Å². The Balaban J connectivity index is 1.70. The number of H-pyrrole nitrogens is 1. The molecule has 24 heavy (non-hydrogen) atoms. The minimum atomic E-state index is -1.20. The van der Waals surface area contributed by atoms with Gasteiger partial charge in [0, 0.05) is 6.20 Å². The number of aryl methyl sites for hydroxylation is 1. The van der Waals surface area contributed by atoms with Crippen LogP contribution in [0.1, 0.15) is 36.1 Å². The minimum absolute atomic E-state index is 0.313. The molecule has 1 unspecified atom stereocenters. The van der Waals surface area contributed by atoms with Gasteiger partial charge in [-0.3, -0.25) is 0 Å². The summed E-state index contributed by atoms with van der Waals surface area (Å²) in [6.07, 6.45) is 6.57. The molecule has 3 aromatic rings. The van der Waals surface area contributed by atoms with Crippen LogP contribution in [0.25, 0.3) is 0 Å². The van der Waals surface area contributed by atoms with Crippen molar-refractivity contribution in [1.82, 2.24) is 9.97 Å². The van der Waals surface area contributed by atoms with Crippen LogP contribution in [-0.4, -0.2) is 15.1 Å². The number of hydrogen-bond donors (Lipinski definition) is 2. The fraction of sp³-hybridized carbons (Fsp3) is 0.250. The summed E-state index contributed by atoms with van der Waals surface area (Å²) in [5.41, 5.74) is 1.32. The van der Waals surface area contributed by atoms with E-state index in [1.54, 1.807) is 24.7 Å². The summed E-state index contributed by atoms with van der Waals surface area (Å²) in [7, 11) is 0. The molecule has 0 aliphatic heterocycles. The van der Waals surface area contributed by atoms with Gasteiger partial charge in [-0.2, -0.15) is 0 Å². The number of halogens is 1. The lowest BCUT2D eigenvalue weighted by Crippen LogP contribution is -2.28. The van der Waals surface area contributed by atoms with E-state index in [9.17, 15) is 9.50 Å². The van der Waals surface area contributed by atoms with Crippen LogP contribution in [0.4, 0.5) is 4.39 Å². The van der Waals surface area contributed by atoms with Crippen LogP contribution >= 0.6 is 0 Å². The molecule has 0 saturated carbocycles. The lowest BCUT2D eigenvalue weighted by Gasteiger charge is -2.27. The molecule has 0 fully saturated rings. The van der Waals surface area contributed by atoms with Gasteiger partial charge in [-0.1, -0.05) is 42.5 Å². The quantitative estimate of drug-likeness (QED) is 0.640. The molecule has 1 aromatic heterocycles. The molecule has 3 nitrogen and oxygen atoms in total. The second kappa shape index (κ2) is 7.41. The fourth-order valence-electron chi connectivity index (χ4n) is 2.99. The van der Waals surface area contributed by atoms with Crippen molar-refractivity contribution >= 4 is 0 Å². The Morgan fingerprint density at radius 1 is 1.00 bits per heavy atom. The summed E-state index contributed by atoms with van der Waals surface area (Å²) in [5, 5.41) is 11.2. The molecule has 124 valence electrons. The first-order valence-electron chi connectivity index (χ1n) is 8.20. The Bertz CT molecular complexity index is 741. The largest absolute Gasteiger partial charge is 0.379 e. The standard InChI is InChI=1S/C20H21FN2O/c21-18-11-9-17(10-12-18)20(24,19-14-22-15-23-19)13-5-4-8-16-6-2-1-3-7-16/h1-3,6-7,9-12,14-15,24H,4-5,8,13H2,(H,22,23). The van der Waals surface area contributed by atoms with Crippen LogP contribution in [0, 0.1) is 5.82 Å². The maximum Gasteiger partial charge on any atom is 0.133 e. The number of imidazole rings is 1. The summed E-state index contributed by atoms with van der Waals surface area (Å²) in [5.74, 6) is -0.313. The third-order valence-electron chi connectivity index (χ3n) is 4.34. The average Bonchev–Trinajstić information content (AvgIpc) is 3.15. The highest BCUT2D eigenvalue weighted by atomic mass is 19.1. The number of aliphatic hydroxyl groups is 1. The molecule has 2 aromatic carbocycles. The maximum atomic E-state index is 13.2. The average molecular weight is 324 g/mol. The highest BCUT2D eigenvalue weighted by Gasteiger charge is 2.33. The van der Waals surface area contributed by atoms with E-state index < -0.39 is 5.60 Å². The highest BCUT2D eigenvalue weighted by Crippen LogP contribution is 2.33. The van der Waals surface area contributed by atoms with Crippen molar-refractivity contribution < 1.29 is 9.50 Å². The number of hydrogen-bond acceptors (Lipinski definition) is 2. The zero-order valence-electron chi connectivity index (χ0n) is 13.5. The first-order valence-corrected chi connectivity index (χ1v) is 8.20. The third-order valence-corrected chi connectivity index (χ3v) is 4.34. The Kier molecular flexibility index (Phi) is 5.06. The lowest BCUT2D eigenvalue weighted by molar-refractivity contribution is 0.0640. The van der Waals surface area contributed by atoms with Crippen LogP contribution in [0.3, 0.4) is 0 Å². The van der Waals surface area contributed by atoms with E-state index in [1.165, 1.54) is 17.7 Å². The molecule has 1 atom stereocenters. The zero-order chi connectivity index (χ0) is 16.8. The summed E-state index contributed by atoms with van der Waals surface area (Å²) in [4.78, 5) is 7.11. The Morgan fingerprint density at radius 2 is 1.75 bits per heavy atom. The fourth-order valence-corrected chi connectivity index (χ4v) is 2.99. The van der Waals surface area contributed by atoms with Gasteiger partial charge < -0.3 is 10.1 Å². The molecule has 0 saturated heterocycles. The number of nitrogens with one attached hydrogen (secondary N) is 1. The van der Waals surface area contributed by atoms with Crippen molar-refractivity contribution in [2.24, 2.45) is 0 Å². The van der Waals surface area contributed by atoms with Crippen molar-refractivity contribution in [2.45, 2.75) is 31.3 Å². The molecule has 0 spiro atoms. The van der Waals surface area contributed by atoms with Crippen LogP contribution in [-0.2, 0) is 12.0 Å². The van der Waals surface area contributed by atoms with Crippen molar-refractivity contribution in [3.63, 3.8) is 0 Å². The monoisotopic (exact) mass is 324 g/mol. The molecule has 1 heterocycles. The van der Waals surface area contributed by atoms with Gasteiger partial charge in [0.15, 0.2) is 0 Å². The van der Waals surface area contributed by atoms with Crippen molar-refractivity contribution in [1.29, 1.82) is 0 Å². The molecular formula is C20H21FN2O. The molecule has 4 heteroatoms. The Hall–Kier alpha value is -2.46. The number of nitrogens with zero attached hydrogens (tertiary/aromatic N) is 1. The van der Waals surface area contributed by atoms with Gasteiger partial charge in [-0.25, -0.2) is 9.37 Å². The van der Waals surface area contributed by atoms with Gasteiger partial charge in [-0.15, -0.1) is 0 Å². The molecule has 2 N–H and O–H groups in total. The van der Waals surface area contributed by atoms with Crippen molar-refractivity contribution in [2.75, 3.05) is 0 Å². The van der Waals surface area contributed by atoms with Crippen molar-refractivity contribution in [3.05, 3.63) is 89.8 Å². The second-order valence-corrected chi connectivity index (χ2v) is 6.01. The van der Waals surface area contributed by atoms with Gasteiger partial charge in [-0.05, 0) is 48.9 Å². The number of aromatic nitrogens is 2. The Labute approximate surface area is 141 Å². The first kappa shape index (κ1) is 16.4. The zero-order valence-corrected chi connectivity index (χ0v) is 13.5. The molecule has 0 amide bonds. The minimum Gasteiger partial charge on any atom is -0.379 e. The molecular weight excluding hydrogens is 303 g/mol. The summed E-state index contributed by atoms with van der Waals surface area (Å²) in [6.45, 7) is 0. The smallest absolute Gasteiger partial charge is 0.133 e. The van der Waals surface area contributed by atoms with E-state index in [0.29, 0.717) is 17.7 Å². The van der Waals surface area contributed by atoms with Gasteiger partial charge in [0.2, 0.25) is 0 Å². The van der Waals surface area contributed by atoms with E-state index in [0.717, 1.165) is 19.3 Å². The van der Waals surface area contributed by atoms with Crippen molar-refractivity contribution in [3.8, 4) is 0 Å². The molecule has 0 radical (unpaired) electrons. The second-order valence-electron chi connectivity index (χ2n) is 6.01. The number of benzene rings is 2. The predicted molar refractivity (Wildman–Crippen MR) is 92.0 cm³/mol. The first-order chi connectivity index (χ1) is 11.7. The lowest BCUT2D eigenvalue weighted by atomic mass is 9.85. The number of unbranched alkanes of at least 4 members (excludes halogenated alkanes) is 1. The van der Waals surface area contributed by atoms with Gasteiger partial charge in [0.25, 0.3) is 0 Å². The normalized spacial score (nSPS) is 13.6. The molecule has 0 aliphatic rings. The van der Waals surface area contributed by atoms with Crippen LogP contribution in [0.15, 0.2) is 67.1 Å². The van der Waals surface area contributed by atoms with Crippen LogP contribution in [0.2, 0.25) is 0 Å². The maximum absolute atomic E-state index is 13.2. The summed E-state index contributed by atoms with van der Waals surface area (Å²) >= 11 is 0. The van der Waals surface area contributed by atoms with Crippen LogP contribution < -0.4 is 0 Å². The van der Waals surface area contributed by atoms with E-state index in [-0.39, 0.29) is 5.82 Å². The number of aromatic amines is 1. The SMILES string of the molecule is OC(CCCCc1ccccc1)(c1ccc(F)cc1)c1c[nH]cn1. The summed E-state index contributed by atoms with van der Waals surface area (Å²) in [6, 6.07) is 16.3. The molecule has 0 aliphatic carbocycles. The van der Waals surface area contributed by atoms with E-state index in [1.807, 2.05) is 18.2 Å². The Morgan fingerprint density at radius 3 is 2.42 bits per heavy atom. The summed E-state index contributed by atoms with van der Waals surface area (Å²) < 4.78 is 13.2. The van der Waals surface area contributed by atoms with Gasteiger partial charge in [0.05, 0.1) is 12.0 Å². The number of rotatable bonds is 7. The van der Waals surface area contributed by atoms with E-state index in [4.69, 9.17) is 0 Å². The predicted octanol–water partition coefficient (Wildman–Crippen LogP) is 4.20. The topological polar surface area (TPSA) is 48.9 Å². The van der Waals surface area contributed by atoms with E-state index in [2.05, 4.69) is 22.1 Å². The highest BCUT2D eigenvalue weighted by molar-refractivity contribution is 5.31. The van der Waals surface area contributed by atoms with Crippen LogP contribution in [0.5, 0.6) is 0 Å².